The first-order valence-corrected chi connectivity index (χ1v) is 8.30. The molecule has 2 aromatic rings. The number of benzene rings is 2. The summed E-state index contributed by atoms with van der Waals surface area (Å²) in [5.41, 5.74) is 9.03. The number of nitrogens with two attached hydrogens (primary N) is 1. The van der Waals surface area contributed by atoms with Crippen molar-refractivity contribution in [3.8, 4) is 5.75 Å². The highest BCUT2D eigenvalue weighted by atomic mass is 16.5. The van der Waals surface area contributed by atoms with Crippen molar-refractivity contribution in [3.63, 3.8) is 0 Å². The Kier molecular flexibility index (Phi) is 5.03. The second-order valence-corrected chi connectivity index (χ2v) is 7.58. The Morgan fingerprint density at radius 3 is 2.09 bits per heavy atom. The Balaban J connectivity index is 2.19. The van der Waals surface area contributed by atoms with Gasteiger partial charge in [0.05, 0.1) is 0 Å². The molecule has 0 fully saturated rings. The van der Waals surface area contributed by atoms with Crippen LogP contribution in [0, 0.1) is 12.3 Å². The van der Waals surface area contributed by atoms with Crippen LogP contribution in [-0.4, -0.2) is 5.60 Å². The van der Waals surface area contributed by atoms with Crippen LogP contribution in [0.4, 0.5) is 5.69 Å². The Morgan fingerprint density at radius 1 is 0.913 bits per heavy atom. The van der Waals surface area contributed by atoms with Crippen LogP contribution in [0.15, 0.2) is 48.5 Å². The van der Waals surface area contributed by atoms with Crippen molar-refractivity contribution in [2.24, 2.45) is 5.41 Å². The summed E-state index contributed by atoms with van der Waals surface area (Å²) in [6.07, 6.45) is 1.97. The normalized spacial score (nSPS) is 14.3. The molecule has 0 aliphatic carbocycles. The molecular weight excluding hydrogens is 282 g/mol. The maximum absolute atomic E-state index is 6.43. The molecular formula is C21H29NO. The van der Waals surface area contributed by atoms with Gasteiger partial charge in [-0.05, 0) is 62.1 Å². The van der Waals surface area contributed by atoms with E-state index in [1.165, 1.54) is 11.1 Å². The first-order chi connectivity index (χ1) is 10.7. The predicted molar refractivity (Wildman–Crippen MR) is 98.8 cm³/mol. The van der Waals surface area contributed by atoms with Crippen molar-refractivity contribution in [3.05, 3.63) is 59.7 Å². The van der Waals surface area contributed by atoms with E-state index in [-0.39, 0.29) is 11.0 Å². The van der Waals surface area contributed by atoms with Crippen LogP contribution in [-0.2, 0) is 6.42 Å². The lowest BCUT2D eigenvalue weighted by atomic mass is 9.74. The number of hydrogen-bond donors (Lipinski definition) is 1. The van der Waals surface area contributed by atoms with Crippen molar-refractivity contribution in [2.45, 2.75) is 53.1 Å². The van der Waals surface area contributed by atoms with Gasteiger partial charge in [-0.15, -0.1) is 0 Å². The smallest absolute Gasteiger partial charge is 0.120 e. The zero-order valence-corrected chi connectivity index (χ0v) is 15.0. The maximum atomic E-state index is 6.43. The molecule has 23 heavy (non-hydrogen) atoms. The first-order valence-electron chi connectivity index (χ1n) is 8.30. The van der Waals surface area contributed by atoms with Crippen LogP contribution in [0.3, 0.4) is 0 Å². The van der Waals surface area contributed by atoms with E-state index in [0.29, 0.717) is 0 Å². The van der Waals surface area contributed by atoms with Gasteiger partial charge in [0.15, 0.2) is 0 Å². The lowest BCUT2D eigenvalue weighted by Crippen LogP contribution is -2.45. The molecule has 0 aromatic heterocycles. The van der Waals surface area contributed by atoms with Crippen molar-refractivity contribution >= 4 is 5.69 Å². The van der Waals surface area contributed by atoms with Gasteiger partial charge in [-0.1, -0.05) is 45.0 Å². The molecule has 0 heterocycles. The van der Waals surface area contributed by atoms with E-state index >= 15 is 0 Å². The van der Waals surface area contributed by atoms with Crippen LogP contribution in [0.5, 0.6) is 5.75 Å². The number of nitrogen functional groups attached to an aromatic ring is 1. The van der Waals surface area contributed by atoms with E-state index in [0.717, 1.165) is 24.3 Å². The maximum Gasteiger partial charge on any atom is 0.120 e. The summed E-state index contributed by atoms with van der Waals surface area (Å²) in [6, 6.07) is 16.3. The van der Waals surface area contributed by atoms with Crippen LogP contribution in [0.25, 0.3) is 0 Å². The average molecular weight is 311 g/mol. The molecule has 2 N–H and O–H groups in total. The highest BCUT2D eigenvalue weighted by Gasteiger charge is 2.39. The summed E-state index contributed by atoms with van der Waals surface area (Å²) in [4.78, 5) is 0. The molecule has 0 amide bonds. The summed E-state index contributed by atoms with van der Waals surface area (Å²) < 4.78 is 6.43. The van der Waals surface area contributed by atoms with Crippen molar-refractivity contribution in [2.75, 3.05) is 5.73 Å². The minimum Gasteiger partial charge on any atom is -0.487 e. The summed E-state index contributed by atoms with van der Waals surface area (Å²) in [5.74, 6) is 0.876. The lowest BCUT2D eigenvalue weighted by Gasteiger charge is -2.42. The predicted octanol–water partition coefficient (Wildman–Crippen LogP) is 5.39. The van der Waals surface area contributed by atoms with Crippen LogP contribution in [0.1, 0.15) is 45.2 Å². The molecule has 0 aliphatic heterocycles. The molecule has 2 rings (SSSR count). The Labute approximate surface area is 140 Å². The molecule has 2 heteroatoms. The van der Waals surface area contributed by atoms with Gasteiger partial charge in [-0.3, -0.25) is 0 Å². The molecule has 124 valence electrons. The highest BCUT2D eigenvalue weighted by Crippen LogP contribution is 2.38. The molecule has 2 nitrogen and oxygen atoms in total. The SMILES string of the molecule is Cc1ccccc1CCC(C)(Oc1ccc(N)cc1)C(C)(C)C. The Bertz CT molecular complexity index is 640. The second-order valence-electron chi connectivity index (χ2n) is 7.58. The van der Waals surface area contributed by atoms with Gasteiger partial charge in [0.25, 0.3) is 0 Å². The fraction of sp³-hybridized carbons (Fsp3) is 0.429. The van der Waals surface area contributed by atoms with Gasteiger partial charge in [0.1, 0.15) is 11.4 Å². The van der Waals surface area contributed by atoms with E-state index in [9.17, 15) is 0 Å². The van der Waals surface area contributed by atoms with Crippen molar-refractivity contribution in [1.82, 2.24) is 0 Å². The third kappa shape index (κ3) is 4.28. The number of hydrogen-bond acceptors (Lipinski definition) is 2. The van der Waals surface area contributed by atoms with E-state index in [4.69, 9.17) is 10.5 Å². The molecule has 0 saturated heterocycles. The van der Waals surface area contributed by atoms with E-state index < -0.39 is 0 Å². The van der Waals surface area contributed by atoms with E-state index in [2.05, 4.69) is 58.9 Å². The number of anilines is 1. The largest absolute Gasteiger partial charge is 0.487 e. The van der Waals surface area contributed by atoms with Gasteiger partial charge < -0.3 is 10.5 Å². The standard InChI is InChI=1S/C21H29NO/c1-16-8-6-7-9-17(16)14-15-21(5,20(2,3)4)23-19-12-10-18(22)11-13-19/h6-13H,14-15,22H2,1-5H3. The Hall–Kier alpha value is -1.96. The molecule has 1 unspecified atom stereocenters. The van der Waals surface area contributed by atoms with Gasteiger partial charge in [-0.25, -0.2) is 0 Å². The van der Waals surface area contributed by atoms with Crippen LogP contribution in [0.2, 0.25) is 0 Å². The van der Waals surface area contributed by atoms with Crippen molar-refractivity contribution < 1.29 is 4.74 Å². The molecule has 0 bridgehead atoms. The van der Waals surface area contributed by atoms with Crippen molar-refractivity contribution in [1.29, 1.82) is 0 Å². The number of ether oxygens (including phenoxy) is 1. The lowest BCUT2D eigenvalue weighted by molar-refractivity contribution is -0.0234. The quantitative estimate of drug-likeness (QED) is 0.751. The second kappa shape index (κ2) is 6.66. The molecule has 0 radical (unpaired) electrons. The minimum absolute atomic E-state index is 0.0249. The van der Waals surface area contributed by atoms with Gasteiger partial charge in [0.2, 0.25) is 0 Å². The topological polar surface area (TPSA) is 35.2 Å². The molecule has 0 aliphatic rings. The van der Waals surface area contributed by atoms with Gasteiger partial charge in [-0.2, -0.15) is 0 Å². The zero-order chi connectivity index (χ0) is 17.1. The summed E-state index contributed by atoms with van der Waals surface area (Å²) in [6.45, 7) is 11.1. The summed E-state index contributed by atoms with van der Waals surface area (Å²) in [7, 11) is 0. The Morgan fingerprint density at radius 2 is 1.52 bits per heavy atom. The molecule has 1 atom stereocenters. The third-order valence-electron chi connectivity index (χ3n) is 4.94. The molecule has 0 spiro atoms. The van der Waals surface area contributed by atoms with Gasteiger partial charge >= 0.3 is 0 Å². The molecule has 0 saturated carbocycles. The first kappa shape index (κ1) is 17.4. The van der Waals surface area contributed by atoms with Crippen LogP contribution < -0.4 is 10.5 Å². The monoisotopic (exact) mass is 311 g/mol. The third-order valence-corrected chi connectivity index (χ3v) is 4.94. The van der Waals surface area contributed by atoms with E-state index in [1.807, 2.05) is 24.3 Å². The number of rotatable bonds is 5. The van der Waals surface area contributed by atoms with E-state index in [1.54, 1.807) is 0 Å². The van der Waals surface area contributed by atoms with Gasteiger partial charge in [0, 0.05) is 11.1 Å². The minimum atomic E-state index is -0.259. The average Bonchev–Trinajstić information content (AvgIpc) is 2.48. The molecule has 2 aromatic carbocycles. The highest BCUT2D eigenvalue weighted by molar-refractivity contribution is 5.41. The number of aryl methyl sites for hydroxylation is 2. The summed E-state index contributed by atoms with van der Waals surface area (Å²) in [5, 5.41) is 0. The fourth-order valence-electron chi connectivity index (χ4n) is 2.64. The van der Waals surface area contributed by atoms with Crippen LogP contribution >= 0.6 is 0 Å². The fourth-order valence-corrected chi connectivity index (χ4v) is 2.64. The zero-order valence-electron chi connectivity index (χ0n) is 15.0. The summed E-state index contributed by atoms with van der Waals surface area (Å²) >= 11 is 0.